The van der Waals surface area contributed by atoms with Gasteiger partial charge in [-0.25, -0.2) is 4.39 Å². The minimum absolute atomic E-state index is 0.0777. The summed E-state index contributed by atoms with van der Waals surface area (Å²) in [5.41, 5.74) is 1.80. The maximum atomic E-state index is 14.0. The molecule has 2 aromatic rings. The summed E-state index contributed by atoms with van der Waals surface area (Å²) in [6.07, 6.45) is 0. The maximum Gasteiger partial charge on any atom is 0.233 e. The zero-order valence-electron chi connectivity index (χ0n) is 17.0. The lowest BCUT2D eigenvalue weighted by atomic mass is 10.0. The molecule has 3 rings (SSSR count). The lowest BCUT2D eigenvalue weighted by Crippen LogP contribution is -2.45. The number of hydrogen-bond acceptors (Lipinski definition) is 4. The molecule has 2 unspecified atom stereocenters. The van der Waals surface area contributed by atoms with Crippen molar-refractivity contribution in [2.45, 2.75) is 30.0 Å². The molecule has 0 spiro atoms. The highest BCUT2D eigenvalue weighted by atomic mass is 35.5. The summed E-state index contributed by atoms with van der Waals surface area (Å²) in [5.74, 6) is -0.367. The van der Waals surface area contributed by atoms with Gasteiger partial charge in [0.1, 0.15) is 5.82 Å². The molecule has 2 atom stereocenters. The van der Waals surface area contributed by atoms with Gasteiger partial charge in [-0.05, 0) is 63.4 Å². The highest BCUT2D eigenvalue weighted by molar-refractivity contribution is 8.00. The Labute approximate surface area is 181 Å². The zero-order chi connectivity index (χ0) is 21.0. The van der Waals surface area contributed by atoms with E-state index in [-0.39, 0.29) is 23.0 Å². The van der Waals surface area contributed by atoms with E-state index in [1.807, 2.05) is 44.2 Å². The van der Waals surface area contributed by atoms with Crippen molar-refractivity contribution in [1.29, 1.82) is 0 Å². The van der Waals surface area contributed by atoms with Gasteiger partial charge in [-0.3, -0.25) is 4.79 Å². The van der Waals surface area contributed by atoms with Crippen molar-refractivity contribution in [3.05, 3.63) is 58.9 Å². The summed E-state index contributed by atoms with van der Waals surface area (Å²) in [4.78, 5) is 18.3. The second-order valence-electron chi connectivity index (χ2n) is 7.44. The maximum absolute atomic E-state index is 14.0. The second kappa shape index (κ2) is 9.83. The Morgan fingerprint density at radius 3 is 2.41 bits per heavy atom. The average molecular weight is 436 g/mol. The number of piperazine rings is 1. The van der Waals surface area contributed by atoms with E-state index in [2.05, 4.69) is 22.2 Å². The van der Waals surface area contributed by atoms with Gasteiger partial charge in [0.15, 0.2) is 0 Å². The van der Waals surface area contributed by atoms with E-state index in [0.29, 0.717) is 5.02 Å². The van der Waals surface area contributed by atoms with Gasteiger partial charge in [0, 0.05) is 47.3 Å². The Morgan fingerprint density at radius 1 is 1.10 bits per heavy atom. The second-order valence-corrected chi connectivity index (χ2v) is 9.29. The van der Waals surface area contributed by atoms with Crippen molar-refractivity contribution in [3.8, 4) is 0 Å². The lowest BCUT2D eigenvalue weighted by molar-refractivity contribution is -0.120. The zero-order valence-corrected chi connectivity index (χ0v) is 18.6. The van der Waals surface area contributed by atoms with Crippen LogP contribution in [0.5, 0.6) is 0 Å². The molecule has 0 saturated carbocycles. The average Bonchev–Trinajstić information content (AvgIpc) is 2.70. The van der Waals surface area contributed by atoms with E-state index < -0.39 is 0 Å². The lowest BCUT2D eigenvalue weighted by Gasteiger charge is -2.36. The molecule has 1 N–H and O–H groups in total. The number of nitrogens with one attached hydrogen (secondary N) is 1. The smallest absolute Gasteiger partial charge is 0.233 e. The molecule has 29 heavy (non-hydrogen) atoms. The van der Waals surface area contributed by atoms with Crippen LogP contribution >= 0.6 is 23.4 Å². The first kappa shape index (κ1) is 21.9. The normalized spacial score (nSPS) is 17.1. The van der Waals surface area contributed by atoms with E-state index in [0.717, 1.165) is 42.3 Å². The molecule has 1 aliphatic heterocycles. The van der Waals surface area contributed by atoms with Crippen LogP contribution in [0, 0.1) is 5.82 Å². The number of rotatable bonds is 6. The minimum atomic E-state index is -0.291. The minimum Gasteiger partial charge on any atom is -0.369 e. The topological polar surface area (TPSA) is 35.6 Å². The summed E-state index contributed by atoms with van der Waals surface area (Å²) in [6, 6.07) is 12.0. The van der Waals surface area contributed by atoms with Gasteiger partial charge < -0.3 is 15.1 Å². The van der Waals surface area contributed by atoms with Crippen LogP contribution in [0.1, 0.15) is 25.5 Å². The van der Waals surface area contributed by atoms with Gasteiger partial charge in [-0.15, -0.1) is 11.8 Å². The van der Waals surface area contributed by atoms with Gasteiger partial charge >= 0.3 is 0 Å². The summed E-state index contributed by atoms with van der Waals surface area (Å²) < 4.78 is 14.0. The number of likely N-dealkylation sites (N-methyl/N-ethyl adjacent to an activating group) is 1. The highest BCUT2D eigenvalue weighted by Crippen LogP contribution is 2.30. The molecule has 156 valence electrons. The number of anilines is 1. The number of benzene rings is 2. The molecule has 1 heterocycles. The third kappa shape index (κ3) is 5.87. The van der Waals surface area contributed by atoms with E-state index in [9.17, 15) is 9.18 Å². The fourth-order valence-electron chi connectivity index (χ4n) is 3.39. The van der Waals surface area contributed by atoms with Crippen molar-refractivity contribution >= 4 is 35.0 Å². The number of halogens is 2. The van der Waals surface area contributed by atoms with Crippen LogP contribution in [0.3, 0.4) is 0 Å². The van der Waals surface area contributed by atoms with Crippen molar-refractivity contribution in [2.24, 2.45) is 0 Å². The van der Waals surface area contributed by atoms with Crippen LogP contribution in [0.25, 0.3) is 0 Å². The van der Waals surface area contributed by atoms with Crippen molar-refractivity contribution < 1.29 is 9.18 Å². The van der Waals surface area contributed by atoms with Crippen LogP contribution < -0.4 is 10.2 Å². The van der Waals surface area contributed by atoms with Crippen molar-refractivity contribution in [2.75, 3.05) is 38.1 Å². The van der Waals surface area contributed by atoms with Gasteiger partial charge in [-0.2, -0.15) is 0 Å². The number of nitrogens with zero attached hydrogens (tertiary/aromatic N) is 2. The van der Waals surface area contributed by atoms with Crippen LogP contribution in [0.15, 0.2) is 47.4 Å². The predicted octanol–water partition coefficient (Wildman–Crippen LogP) is 4.59. The Kier molecular flexibility index (Phi) is 7.44. The van der Waals surface area contributed by atoms with E-state index in [4.69, 9.17) is 11.6 Å². The molecule has 1 amide bonds. The number of hydrogen-bond donors (Lipinski definition) is 1. The molecule has 0 radical (unpaired) electrons. The molecule has 2 aromatic carbocycles. The molecule has 0 aromatic heterocycles. The van der Waals surface area contributed by atoms with Crippen LogP contribution in [0.2, 0.25) is 5.02 Å². The first-order valence-electron chi connectivity index (χ1n) is 9.79. The number of amides is 1. The van der Waals surface area contributed by atoms with Crippen molar-refractivity contribution in [3.63, 3.8) is 0 Å². The van der Waals surface area contributed by atoms with Crippen molar-refractivity contribution in [1.82, 2.24) is 10.2 Å². The Balaban J connectivity index is 1.69. The van der Waals surface area contributed by atoms with Gasteiger partial charge in [0.2, 0.25) is 5.91 Å². The third-order valence-electron chi connectivity index (χ3n) is 5.15. The Morgan fingerprint density at radius 2 is 1.76 bits per heavy atom. The number of thioether (sulfide) groups is 1. The first-order valence-corrected chi connectivity index (χ1v) is 11.0. The quantitative estimate of drug-likeness (QED) is 0.673. The number of carbonyl (C=O) groups excluding carboxylic acids is 1. The molecular formula is C22H27ClFN3OS. The predicted molar refractivity (Wildman–Crippen MR) is 119 cm³/mol. The molecule has 1 fully saturated rings. The van der Waals surface area contributed by atoms with Gasteiger partial charge in [0.25, 0.3) is 0 Å². The summed E-state index contributed by atoms with van der Waals surface area (Å²) in [7, 11) is 2.10. The SMILES string of the molecule is CC(Sc1ccc(Cl)cc1)C(=O)NC(C)c1cc(F)ccc1N1CCN(C)CC1. The Hall–Kier alpha value is -1.76. The summed E-state index contributed by atoms with van der Waals surface area (Å²) in [5, 5.41) is 3.44. The number of carbonyl (C=O) groups is 1. The molecular weight excluding hydrogens is 409 g/mol. The van der Waals surface area contributed by atoms with Crippen LogP contribution in [-0.4, -0.2) is 49.3 Å². The fourth-order valence-corrected chi connectivity index (χ4v) is 4.39. The Bertz CT molecular complexity index is 840. The van der Waals surface area contributed by atoms with E-state index >= 15 is 0 Å². The van der Waals surface area contributed by atoms with Crippen LogP contribution in [-0.2, 0) is 4.79 Å². The monoisotopic (exact) mass is 435 g/mol. The standard InChI is InChI=1S/C22H27ClFN3OS/c1-15(25-22(28)16(2)29-19-7-4-17(23)5-8-19)20-14-18(24)6-9-21(20)27-12-10-26(3)11-13-27/h4-9,14-16H,10-13H2,1-3H3,(H,25,28). The molecule has 7 heteroatoms. The molecule has 0 bridgehead atoms. The van der Waals surface area contributed by atoms with E-state index in [1.54, 1.807) is 0 Å². The molecule has 4 nitrogen and oxygen atoms in total. The first-order chi connectivity index (χ1) is 13.8. The van der Waals surface area contributed by atoms with Gasteiger partial charge in [0.05, 0.1) is 11.3 Å². The molecule has 1 saturated heterocycles. The fraction of sp³-hybridized carbons (Fsp3) is 0.409. The van der Waals surface area contributed by atoms with E-state index in [1.165, 1.54) is 23.9 Å². The summed E-state index contributed by atoms with van der Waals surface area (Å²) in [6.45, 7) is 7.48. The molecule has 1 aliphatic rings. The largest absolute Gasteiger partial charge is 0.369 e. The van der Waals surface area contributed by atoms with Crippen LogP contribution in [0.4, 0.5) is 10.1 Å². The third-order valence-corrected chi connectivity index (χ3v) is 6.52. The highest BCUT2D eigenvalue weighted by Gasteiger charge is 2.23. The van der Waals surface area contributed by atoms with Gasteiger partial charge in [-0.1, -0.05) is 11.6 Å². The summed E-state index contributed by atoms with van der Waals surface area (Å²) >= 11 is 7.39. The molecule has 0 aliphatic carbocycles.